The summed E-state index contributed by atoms with van der Waals surface area (Å²) in [5.41, 5.74) is -1.58. The molecule has 0 saturated heterocycles. The van der Waals surface area contributed by atoms with Gasteiger partial charge in [-0.2, -0.15) is 0 Å². The second-order valence-corrected chi connectivity index (χ2v) is 6.25. The average molecular weight is 311 g/mol. The smallest absolute Gasteiger partial charge is 0.408 e. The fourth-order valence-corrected chi connectivity index (χ4v) is 1.91. The number of carbonyl (C=O) groups is 2. The largest absolute Gasteiger partial charge is 0.496 e. The van der Waals surface area contributed by atoms with Gasteiger partial charge in [-0.25, -0.2) is 9.18 Å². The minimum absolute atomic E-state index is 0.221. The van der Waals surface area contributed by atoms with Gasteiger partial charge in [-0.3, -0.25) is 0 Å². The van der Waals surface area contributed by atoms with Crippen LogP contribution in [-0.4, -0.2) is 25.1 Å². The molecule has 1 amide bonds. The lowest BCUT2D eigenvalue weighted by molar-refractivity contribution is -0.113. The molecule has 5 nitrogen and oxygen atoms in total. The van der Waals surface area contributed by atoms with Crippen LogP contribution in [0.1, 0.15) is 38.8 Å². The Bertz CT molecular complexity index is 580. The van der Waals surface area contributed by atoms with Crippen LogP contribution in [0.25, 0.3) is 0 Å². The molecule has 1 rings (SSSR count). The molecule has 0 bridgehead atoms. The zero-order valence-electron chi connectivity index (χ0n) is 13.7. The summed E-state index contributed by atoms with van der Waals surface area (Å²) in [7, 11) is 1.41. The Labute approximate surface area is 129 Å². The number of hydrogen-bond donors (Lipinski definition) is 1. The van der Waals surface area contributed by atoms with E-state index >= 15 is 0 Å². The van der Waals surface area contributed by atoms with E-state index in [1.54, 1.807) is 27.7 Å². The van der Waals surface area contributed by atoms with E-state index in [-0.39, 0.29) is 5.56 Å². The van der Waals surface area contributed by atoms with Gasteiger partial charge in [0.25, 0.3) is 0 Å². The number of aryl methyl sites for hydroxylation is 1. The molecule has 6 heteroatoms. The number of carbonyl (C=O) groups excluding carboxylic acids is 2. The van der Waals surface area contributed by atoms with E-state index in [2.05, 4.69) is 5.32 Å². The molecule has 1 N–H and O–H groups in total. The first-order chi connectivity index (χ1) is 10.0. The van der Waals surface area contributed by atoms with E-state index in [1.165, 1.54) is 26.2 Å². The highest BCUT2D eigenvalue weighted by Gasteiger charge is 2.34. The molecule has 1 atom stereocenters. The van der Waals surface area contributed by atoms with Crippen molar-refractivity contribution in [3.63, 3.8) is 0 Å². The van der Waals surface area contributed by atoms with E-state index in [0.29, 0.717) is 17.6 Å². The first-order valence-electron chi connectivity index (χ1n) is 6.84. The lowest BCUT2D eigenvalue weighted by atomic mass is 9.91. The van der Waals surface area contributed by atoms with Crippen molar-refractivity contribution in [3.05, 3.63) is 29.1 Å². The van der Waals surface area contributed by atoms with Crippen LogP contribution in [0.15, 0.2) is 12.1 Å². The third-order valence-corrected chi connectivity index (χ3v) is 3.04. The van der Waals surface area contributed by atoms with Crippen LogP contribution in [0, 0.1) is 12.7 Å². The number of aldehydes is 1. The number of benzene rings is 1. The number of hydrogen-bond acceptors (Lipinski definition) is 4. The second-order valence-electron chi connectivity index (χ2n) is 6.25. The Morgan fingerprint density at radius 2 is 1.86 bits per heavy atom. The van der Waals surface area contributed by atoms with E-state index in [4.69, 9.17) is 9.47 Å². The predicted octanol–water partition coefficient (Wildman–Crippen LogP) is 3.08. The van der Waals surface area contributed by atoms with Crippen molar-refractivity contribution in [3.8, 4) is 5.75 Å². The van der Waals surface area contributed by atoms with Crippen LogP contribution >= 0.6 is 0 Å². The van der Waals surface area contributed by atoms with Gasteiger partial charge < -0.3 is 19.6 Å². The Hall–Kier alpha value is -2.11. The predicted molar refractivity (Wildman–Crippen MR) is 80.5 cm³/mol. The molecule has 0 radical (unpaired) electrons. The van der Waals surface area contributed by atoms with Gasteiger partial charge in [0.15, 0.2) is 0 Å². The van der Waals surface area contributed by atoms with Crippen LogP contribution < -0.4 is 10.1 Å². The monoisotopic (exact) mass is 311 g/mol. The number of halogens is 1. The first kappa shape index (κ1) is 17.9. The summed E-state index contributed by atoms with van der Waals surface area (Å²) in [6.45, 7) is 8.16. The maximum Gasteiger partial charge on any atom is 0.408 e. The topological polar surface area (TPSA) is 64.6 Å². The van der Waals surface area contributed by atoms with E-state index in [9.17, 15) is 14.0 Å². The molecule has 22 heavy (non-hydrogen) atoms. The highest BCUT2D eigenvalue weighted by atomic mass is 19.1. The molecule has 0 spiro atoms. The molecule has 0 fully saturated rings. The summed E-state index contributed by atoms with van der Waals surface area (Å²) in [6.07, 6.45) is -0.256. The SMILES string of the molecule is COc1cc(C)c(F)cc1C(C)(C=O)NC(=O)OC(C)(C)C. The zero-order valence-corrected chi connectivity index (χ0v) is 13.7. The van der Waals surface area contributed by atoms with E-state index in [0.717, 1.165) is 0 Å². The van der Waals surface area contributed by atoms with Crippen molar-refractivity contribution >= 4 is 12.4 Å². The number of ether oxygens (including phenoxy) is 2. The highest BCUT2D eigenvalue weighted by molar-refractivity contribution is 5.79. The Kier molecular flexibility index (Phi) is 5.17. The van der Waals surface area contributed by atoms with Crippen LogP contribution in [0.2, 0.25) is 0 Å². The second kappa shape index (κ2) is 6.34. The zero-order chi connectivity index (χ0) is 17.1. The molecule has 0 aliphatic heterocycles. The van der Waals surface area contributed by atoms with Crippen molar-refractivity contribution in [2.45, 2.75) is 45.8 Å². The lowest BCUT2D eigenvalue weighted by Crippen LogP contribution is -2.47. The van der Waals surface area contributed by atoms with Crippen molar-refractivity contribution in [1.82, 2.24) is 5.32 Å². The number of alkyl carbamates (subject to hydrolysis) is 1. The van der Waals surface area contributed by atoms with Gasteiger partial charge in [0.1, 0.15) is 29.0 Å². The maximum atomic E-state index is 13.9. The van der Waals surface area contributed by atoms with Gasteiger partial charge in [-0.05, 0) is 52.3 Å². The van der Waals surface area contributed by atoms with Crippen LogP contribution in [0.3, 0.4) is 0 Å². The van der Waals surface area contributed by atoms with Crippen molar-refractivity contribution in [2.24, 2.45) is 0 Å². The normalized spacial score (nSPS) is 14.0. The third kappa shape index (κ3) is 4.19. The first-order valence-corrected chi connectivity index (χ1v) is 6.84. The molecule has 1 aromatic carbocycles. The molecule has 122 valence electrons. The van der Waals surface area contributed by atoms with Crippen molar-refractivity contribution < 1.29 is 23.5 Å². The Morgan fingerprint density at radius 1 is 1.27 bits per heavy atom. The summed E-state index contributed by atoms with van der Waals surface area (Å²) in [5, 5.41) is 2.46. The quantitative estimate of drug-likeness (QED) is 0.868. The van der Waals surface area contributed by atoms with Crippen LogP contribution in [-0.2, 0) is 15.1 Å². The number of methoxy groups -OCH3 is 1. The van der Waals surface area contributed by atoms with Crippen molar-refractivity contribution in [1.29, 1.82) is 0 Å². The van der Waals surface area contributed by atoms with Gasteiger partial charge in [0.2, 0.25) is 0 Å². The van der Waals surface area contributed by atoms with Gasteiger partial charge >= 0.3 is 6.09 Å². The molecular weight excluding hydrogens is 289 g/mol. The molecule has 0 saturated carbocycles. The number of nitrogens with one attached hydrogen (secondary N) is 1. The molecule has 0 aliphatic rings. The fourth-order valence-electron chi connectivity index (χ4n) is 1.91. The number of rotatable bonds is 4. The molecule has 1 unspecified atom stereocenters. The molecule has 1 aromatic rings. The third-order valence-electron chi connectivity index (χ3n) is 3.04. The minimum Gasteiger partial charge on any atom is -0.496 e. The summed E-state index contributed by atoms with van der Waals surface area (Å²) in [5.74, 6) is -0.181. The fraction of sp³-hybridized carbons (Fsp3) is 0.500. The van der Waals surface area contributed by atoms with Gasteiger partial charge in [-0.1, -0.05) is 0 Å². The minimum atomic E-state index is -1.47. The number of amides is 1. The standard InChI is InChI=1S/C16H22FNO4/c1-10-7-13(21-6)11(8-12(10)17)16(5,9-19)18-14(20)22-15(2,3)4/h7-9H,1-6H3,(H,18,20). The average Bonchev–Trinajstić information content (AvgIpc) is 2.38. The lowest BCUT2D eigenvalue weighted by Gasteiger charge is -2.29. The van der Waals surface area contributed by atoms with Crippen LogP contribution in [0.5, 0.6) is 5.75 Å². The van der Waals surface area contributed by atoms with E-state index in [1.807, 2.05) is 0 Å². The molecular formula is C16H22FNO4. The molecule has 0 aliphatic carbocycles. The van der Waals surface area contributed by atoms with Gasteiger partial charge in [-0.15, -0.1) is 0 Å². The highest BCUT2D eigenvalue weighted by Crippen LogP contribution is 2.31. The van der Waals surface area contributed by atoms with Crippen molar-refractivity contribution in [2.75, 3.05) is 7.11 Å². The Morgan fingerprint density at radius 3 is 2.32 bits per heavy atom. The van der Waals surface area contributed by atoms with Gasteiger partial charge in [0.05, 0.1) is 7.11 Å². The maximum absolute atomic E-state index is 13.9. The summed E-state index contributed by atoms with van der Waals surface area (Å²) < 4.78 is 24.2. The summed E-state index contributed by atoms with van der Waals surface area (Å²) in [4.78, 5) is 23.5. The Balaban J connectivity index is 3.21. The summed E-state index contributed by atoms with van der Waals surface area (Å²) >= 11 is 0. The molecule has 0 aromatic heterocycles. The van der Waals surface area contributed by atoms with Crippen LogP contribution in [0.4, 0.5) is 9.18 Å². The molecule has 0 heterocycles. The van der Waals surface area contributed by atoms with Gasteiger partial charge in [0, 0.05) is 5.56 Å². The summed E-state index contributed by atoms with van der Waals surface area (Å²) in [6, 6.07) is 2.66. The van der Waals surface area contributed by atoms with E-state index < -0.39 is 23.1 Å².